The Hall–Kier alpha value is -1.15. The third kappa shape index (κ3) is 5.56. The van der Waals surface area contributed by atoms with E-state index in [9.17, 15) is 17.1 Å². The Morgan fingerprint density at radius 1 is 1.32 bits per heavy atom. The molecule has 0 bridgehead atoms. The van der Waals surface area contributed by atoms with E-state index >= 15 is 0 Å². The van der Waals surface area contributed by atoms with Crippen LogP contribution in [0.5, 0.6) is 0 Å². The van der Waals surface area contributed by atoms with E-state index in [0.29, 0.717) is 4.47 Å². The molecule has 1 aromatic rings. The Bertz CT molecular complexity index is 595. The zero-order valence-corrected chi connectivity index (χ0v) is 12.9. The number of hydrogen-bond donors (Lipinski definition) is 1. The lowest BCUT2D eigenvalue weighted by Crippen LogP contribution is -2.27. The molecule has 0 saturated heterocycles. The molecule has 1 N–H and O–H groups in total. The molecule has 1 rings (SSSR count). The van der Waals surface area contributed by atoms with Gasteiger partial charge in [-0.3, -0.25) is 5.32 Å². The zero-order valence-electron chi connectivity index (χ0n) is 10.5. The van der Waals surface area contributed by atoms with Gasteiger partial charge in [0.1, 0.15) is 10.5 Å². The molecule has 0 unspecified atom stereocenters. The lowest BCUT2D eigenvalue weighted by molar-refractivity contribution is 0.0636. The average molecular weight is 354 g/mol. The highest BCUT2D eigenvalue weighted by atomic mass is 79.9. The van der Waals surface area contributed by atoms with E-state index < -0.39 is 26.8 Å². The molecule has 19 heavy (non-hydrogen) atoms. The number of ether oxygens (including phenoxy) is 1. The summed E-state index contributed by atoms with van der Waals surface area (Å²) in [6.45, 7) is 5.06. The summed E-state index contributed by atoms with van der Waals surface area (Å²) in [7, 11) is -4.84. The average Bonchev–Trinajstić information content (AvgIpc) is 2.11. The Morgan fingerprint density at radius 3 is 2.37 bits per heavy atom. The second kappa shape index (κ2) is 5.46. The van der Waals surface area contributed by atoms with E-state index in [1.165, 1.54) is 6.07 Å². The van der Waals surface area contributed by atoms with Crippen LogP contribution in [0.3, 0.4) is 0 Å². The number of anilines is 1. The highest BCUT2D eigenvalue weighted by Crippen LogP contribution is 2.24. The summed E-state index contributed by atoms with van der Waals surface area (Å²) >= 11 is 3.03. The molecule has 0 heterocycles. The molecule has 0 aliphatic heterocycles. The number of halogens is 2. The van der Waals surface area contributed by atoms with Crippen LogP contribution < -0.4 is 5.32 Å². The topological polar surface area (TPSA) is 72.5 Å². The SMILES string of the molecule is CC(C)(C)OC(=O)Nc1cc(Br)cc(S(=O)(=O)F)c1. The standard InChI is InChI=1S/C11H13BrFNO4S/c1-11(2,3)18-10(15)14-8-4-7(12)5-9(6-8)19(13,16)17/h4-6H,1-3H3,(H,14,15). The molecule has 0 atom stereocenters. The fourth-order valence-electron chi connectivity index (χ4n) is 1.20. The number of hydrogen-bond acceptors (Lipinski definition) is 4. The third-order valence-corrected chi connectivity index (χ3v) is 3.05. The number of carbonyl (C=O) groups excluding carboxylic acids is 1. The number of carbonyl (C=O) groups is 1. The van der Waals surface area contributed by atoms with Gasteiger partial charge in [-0.25, -0.2) is 4.79 Å². The van der Waals surface area contributed by atoms with Gasteiger partial charge in [-0.05, 0) is 39.0 Å². The normalized spacial score (nSPS) is 12.1. The Labute approximate surface area is 119 Å². The Kier molecular flexibility index (Phi) is 4.57. The molecule has 1 amide bonds. The summed E-state index contributed by atoms with van der Waals surface area (Å²) < 4.78 is 39.9. The highest BCUT2D eigenvalue weighted by Gasteiger charge is 2.18. The molecular formula is C11H13BrFNO4S. The van der Waals surface area contributed by atoms with Gasteiger partial charge in [-0.15, -0.1) is 3.89 Å². The van der Waals surface area contributed by atoms with Gasteiger partial charge in [-0.2, -0.15) is 8.42 Å². The first-order valence-electron chi connectivity index (χ1n) is 5.23. The Morgan fingerprint density at radius 2 is 1.89 bits per heavy atom. The molecule has 0 radical (unpaired) electrons. The maximum atomic E-state index is 12.9. The number of nitrogens with one attached hydrogen (secondary N) is 1. The lowest BCUT2D eigenvalue weighted by atomic mass is 10.2. The highest BCUT2D eigenvalue weighted by molar-refractivity contribution is 9.10. The van der Waals surface area contributed by atoms with Gasteiger partial charge in [0.25, 0.3) is 0 Å². The maximum absolute atomic E-state index is 12.9. The van der Waals surface area contributed by atoms with Crippen LogP contribution in [0.1, 0.15) is 20.8 Å². The molecule has 106 valence electrons. The number of rotatable bonds is 2. The summed E-state index contributed by atoms with van der Waals surface area (Å²) in [5, 5.41) is 2.33. The van der Waals surface area contributed by atoms with Gasteiger partial charge in [0.15, 0.2) is 0 Å². The van der Waals surface area contributed by atoms with Crippen LogP contribution >= 0.6 is 15.9 Å². The molecule has 5 nitrogen and oxygen atoms in total. The maximum Gasteiger partial charge on any atom is 0.412 e. The van der Waals surface area contributed by atoms with Crippen molar-refractivity contribution in [1.29, 1.82) is 0 Å². The van der Waals surface area contributed by atoms with E-state index in [-0.39, 0.29) is 5.69 Å². The van der Waals surface area contributed by atoms with Crippen LogP contribution in [0.25, 0.3) is 0 Å². The summed E-state index contributed by atoms with van der Waals surface area (Å²) in [6.07, 6.45) is -0.757. The van der Waals surface area contributed by atoms with Gasteiger partial charge in [0.05, 0.1) is 0 Å². The fourth-order valence-corrected chi connectivity index (χ4v) is 2.38. The van der Waals surface area contributed by atoms with Crippen molar-refractivity contribution in [3.8, 4) is 0 Å². The molecule has 8 heteroatoms. The van der Waals surface area contributed by atoms with Crippen molar-refractivity contribution in [3.63, 3.8) is 0 Å². The predicted molar refractivity (Wildman–Crippen MR) is 72.3 cm³/mol. The van der Waals surface area contributed by atoms with Crippen molar-refractivity contribution >= 4 is 37.9 Å². The summed E-state index contributed by atoms with van der Waals surface area (Å²) in [5.74, 6) is 0. The van der Waals surface area contributed by atoms with Crippen LogP contribution in [-0.2, 0) is 15.0 Å². The van der Waals surface area contributed by atoms with Crippen molar-refractivity contribution in [2.75, 3.05) is 5.32 Å². The van der Waals surface area contributed by atoms with Crippen molar-refractivity contribution < 1.29 is 21.8 Å². The minimum Gasteiger partial charge on any atom is -0.444 e. The smallest absolute Gasteiger partial charge is 0.412 e. The van der Waals surface area contributed by atoms with Crippen molar-refractivity contribution in [3.05, 3.63) is 22.7 Å². The quantitative estimate of drug-likeness (QED) is 0.826. The fraction of sp³-hybridized carbons (Fsp3) is 0.364. The summed E-state index contributed by atoms with van der Waals surface area (Å²) in [4.78, 5) is 11.0. The van der Waals surface area contributed by atoms with Gasteiger partial charge < -0.3 is 4.74 Å². The third-order valence-electron chi connectivity index (χ3n) is 1.80. The van der Waals surface area contributed by atoms with Gasteiger partial charge in [0, 0.05) is 10.2 Å². The molecule has 0 aromatic heterocycles. The first kappa shape index (κ1) is 15.9. The minimum absolute atomic E-state index is 0.111. The predicted octanol–water partition coefficient (Wildman–Crippen LogP) is 3.45. The van der Waals surface area contributed by atoms with E-state index in [1.54, 1.807) is 20.8 Å². The molecule has 0 spiro atoms. The second-order valence-corrected chi connectivity index (χ2v) is 7.00. The largest absolute Gasteiger partial charge is 0.444 e. The minimum atomic E-state index is -4.84. The van der Waals surface area contributed by atoms with Gasteiger partial charge in [0.2, 0.25) is 0 Å². The monoisotopic (exact) mass is 353 g/mol. The van der Waals surface area contributed by atoms with Crippen molar-refractivity contribution in [1.82, 2.24) is 0 Å². The van der Waals surface area contributed by atoms with Crippen LogP contribution in [0.15, 0.2) is 27.6 Å². The number of benzene rings is 1. The van der Waals surface area contributed by atoms with Crippen LogP contribution in [-0.4, -0.2) is 20.1 Å². The molecule has 1 aromatic carbocycles. The molecule has 0 aliphatic rings. The van der Waals surface area contributed by atoms with E-state index in [0.717, 1.165) is 12.1 Å². The first-order chi connectivity index (χ1) is 8.47. The van der Waals surface area contributed by atoms with Crippen LogP contribution in [0.2, 0.25) is 0 Å². The van der Waals surface area contributed by atoms with E-state index in [4.69, 9.17) is 4.74 Å². The van der Waals surface area contributed by atoms with Crippen molar-refractivity contribution in [2.24, 2.45) is 0 Å². The second-order valence-electron chi connectivity index (χ2n) is 4.74. The van der Waals surface area contributed by atoms with Gasteiger partial charge >= 0.3 is 16.3 Å². The molecular weight excluding hydrogens is 341 g/mol. The van der Waals surface area contributed by atoms with E-state index in [1.807, 2.05) is 0 Å². The Balaban J connectivity index is 2.97. The van der Waals surface area contributed by atoms with Crippen molar-refractivity contribution in [2.45, 2.75) is 31.3 Å². The van der Waals surface area contributed by atoms with Crippen LogP contribution in [0.4, 0.5) is 14.4 Å². The lowest BCUT2D eigenvalue weighted by Gasteiger charge is -2.19. The van der Waals surface area contributed by atoms with E-state index in [2.05, 4.69) is 21.2 Å². The molecule has 0 saturated carbocycles. The number of amides is 1. The zero-order chi connectivity index (χ0) is 14.8. The molecule has 0 aliphatic carbocycles. The summed E-state index contributed by atoms with van der Waals surface area (Å²) in [6, 6.07) is 3.53. The molecule has 0 fully saturated rings. The van der Waals surface area contributed by atoms with Gasteiger partial charge in [-0.1, -0.05) is 15.9 Å². The first-order valence-corrected chi connectivity index (χ1v) is 7.40. The van der Waals surface area contributed by atoms with Crippen LogP contribution in [0, 0.1) is 0 Å². The summed E-state index contributed by atoms with van der Waals surface area (Å²) in [5.41, 5.74) is -0.578.